The van der Waals surface area contributed by atoms with Crippen LogP contribution in [-0.2, 0) is 16.0 Å². The number of para-hydroxylation sites is 1. The van der Waals surface area contributed by atoms with Crippen molar-refractivity contribution in [2.75, 3.05) is 24.5 Å². The van der Waals surface area contributed by atoms with Crippen LogP contribution in [0.4, 0.5) is 5.69 Å². The summed E-state index contributed by atoms with van der Waals surface area (Å²) >= 11 is 1.81. The average Bonchev–Trinajstić information content (AvgIpc) is 3.11. The Morgan fingerprint density at radius 3 is 2.73 bits per heavy atom. The normalized spacial score (nSPS) is 16.9. The number of amides is 2. The first kappa shape index (κ1) is 18.6. The fraction of sp³-hybridized carbons (Fsp3) is 0.400. The van der Waals surface area contributed by atoms with E-state index in [4.69, 9.17) is 5.73 Å². The van der Waals surface area contributed by atoms with Crippen molar-refractivity contribution >= 4 is 28.8 Å². The Bertz CT molecular complexity index is 759. The Kier molecular flexibility index (Phi) is 6.06. The molecule has 2 amide bonds. The van der Waals surface area contributed by atoms with Gasteiger partial charge in [-0.25, -0.2) is 0 Å². The highest BCUT2D eigenvalue weighted by atomic mass is 32.1. The van der Waals surface area contributed by atoms with Gasteiger partial charge >= 0.3 is 0 Å². The summed E-state index contributed by atoms with van der Waals surface area (Å²) in [5, 5.41) is 2.14. The van der Waals surface area contributed by atoms with E-state index in [9.17, 15) is 9.59 Å². The molecule has 3 rings (SSSR count). The molecule has 0 fully saturated rings. The summed E-state index contributed by atoms with van der Waals surface area (Å²) in [6.07, 6.45) is 2.12. The smallest absolute Gasteiger partial charge is 0.241 e. The third kappa shape index (κ3) is 4.14. The van der Waals surface area contributed by atoms with Gasteiger partial charge in [0.15, 0.2) is 0 Å². The molecule has 0 spiro atoms. The van der Waals surface area contributed by atoms with Gasteiger partial charge in [-0.15, -0.1) is 11.3 Å². The lowest BCUT2D eigenvalue weighted by atomic mass is 9.98. The predicted molar refractivity (Wildman–Crippen MR) is 105 cm³/mol. The summed E-state index contributed by atoms with van der Waals surface area (Å²) in [4.78, 5) is 29.7. The van der Waals surface area contributed by atoms with Crippen molar-refractivity contribution in [2.24, 2.45) is 5.73 Å². The van der Waals surface area contributed by atoms with Gasteiger partial charge in [0, 0.05) is 36.1 Å². The van der Waals surface area contributed by atoms with Crippen LogP contribution in [0.1, 0.15) is 36.2 Å². The van der Waals surface area contributed by atoms with Crippen molar-refractivity contribution < 1.29 is 9.59 Å². The van der Waals surface area contributed by atoms with Crippen molar-refractivity contribution in [1.29, 1.82) is 0 Å². The number of carbonyl (C=O) groups excluding carboxylic acids is 2. The molecule has 0 aliphatic carbocycles. The number of carbonyl (C=O) groups is 2. The largest absolute Gasteiger partial charge is 0.370 e. The quantitative estimate of drug-likeness (QED) is 0.814. The topological polar surface area (TPSA) is 66.6 Å². The molecule has 0 saturated carbocycles. The summed E-state index contributed by atoms with van der Waals surface area (Å²) in [5.74, 6) is -0.388. The van der Waals surface area contributed by atoms with Crippen LogP contribution in [0, 0.1) is 0 Å². The lowest BCUT2D eigenvalue weighted by Gasteiger charge is -2.36. The Morgan fingerprint density at radius 2 is 2.04 bits per heavy atom. The van der Waals surface area contributed by atoms with Crippen LogP contribution in [0.15, 0.2) is 41.8 Å². The maximum absolute atomic E-state index is 13.1. The number of anilines is 1. The molecular weight excluding hydrogens is 346 g/mol. The Morgan fingerprint density at radius 1 is 1.27 bits per heavy atom. The highest BCUT2D eigenvalue weighted by Gasteiger charge is 2.29. The molecule has 2 N–H and O–H groups in total. The molecule has 1 atom stereocenters. The van der Waals surface area contributed by atoms with Gasteiger partial charge in [-0.05, 0) is 42.0 Å². The van der Waals surface area contributed by atoms with Gasteiger partial charge in [-0.1, -0.05) is 25.1 Å². The van der Waals surface area contributed by atoms with E-state index in [0.717, 1.165) is 25.1 Å². The van der Waals surface area contributed by atoms with Crippen LogP contribution in [0.5, 0.6) is 0 Å². The minimum Gasteiger partial charge on any atom is -0.370 e. The highest BCUT2D eigenvalue weighted by Crippen LogP contribution is 2.35. The number of thiophene rings is 1. The zero-order chi connectivity index (χ0) is 18.5. The van der Waals surface area contributed by atoms with Crippen LogP contribution >= 0.6 is 11.3 Å². The van der Waals surface area contributed by atoms with E-state index in [0.29, 0.717) is 13.1 Å². The molecule has 1 aliphatic heterocycles. The molecule has 1 aromatic carbocycles. The van der Waals surface area contributed by atoms with E-state index in [-0.39, 0.29) is 18.4 Å². The fourth-order valence-corrected chi connectivity index (χ4v) is 4.53. The van der Waals surface area contributed by atoms with E-state index >= 15 is 0 Å². The minimum atomic E-state index is -0.397. The molecule has 0 radical (unpaired) electrons. The van der Waals surface area contributed by atoms with Crippen LogP contribution in [0.2, 0.25) is 0 Å². The molecule has 2 aromatic rings. The fourth-order valence-electron chi connectivity index (χ4n) is 3.60. The van der Waals surface area contributed by atoms with Gasteiger partial charge in [0.2, 0.25) is 11.8 Å². The molecule has 0 bridgehead atoms. The molecule has 1 aromatic heterocycles. The molecule has 26 heavy (non-hydrogen) atoms. The third-order valence-electron chi connectivity index (χ3n) is 4.88. The molecule has 0 saturated heterocycles. The molecule has 138 valence electrons. The summed E-state index contributed by atoms with van der Waals surface area (Å²) in [5.41, 5.74) is 7.47. The molecule has 0 unspecified atom stereocenters. The van der Waals surface area contributed by atoms with Crippen molar-refractivity contribution in [3.63, 3.8) is 0 Å². The second-order valence-corrected chi connectivity index (χ2v) is 7.54. The second-order valence-electron chi connectivity index (χ2n) is 6.54. The van der Waals surface area contributed by atoms with Crippen LogP contribution < -0.4 is 10.6 Å². The predicted octanol–water partition coefficient (Wildman–Crippen LogP) is 2.97. The van der Waals surface area contributed by atoms with E-state index in [2.05, 4.69) is 23.3 Å². The van der Waals surface area contributed by atoms with E-state index in [1.807, 2.05) is 30.3 Å². The summed E-state index contributed by atoms with van der Waals surface area (Å²) in [7, 11) is 0. The lowest BCUT2D eigenvalue weighted by molar-refractivity contribution is -0.120. The highest BCUT2D eigenvalue weighted by molar-refractivity contribution is 7.10. The summed E-state index contributed by atoms with van der Waals surface area (Å²) < 4.78 is 0. The SMILES string of the molecule is CC[C@@H]1c2ccsc2CCN1CC(=O)N(CCC(N)=O)c1ccccc1. The number of hydrogen-bond acceptors (Lipinski definition) is 4. The number of fused-ring (bicyclic) bond motifs is 1. The lowest BCUT2D eigenvalue weighted by Crippen LogP contribution is -2.45. The second kappa shape index (κ2) is 8.47. The number of benzene rings is 1. The van der Waals surface area contributed by atoms with E-state index in [1.165, 1.54) is 10.4 Å². The molecular formula is C20H25N3O2S. The standard InChI is InChI=1S/C20H25N3O2S/c1-2-17-16-10-13-26-18(16)8-11-22(17)14-20(25)23(12-9-19(21)24)15-6-4-3-5-7-15/h3-7,10,13,17H,2,8-9,11-12,14H2,1H3,(H2,21,24)/t17-/m1/s1. The van der Waals surface area contributed by atoms with Gasteiger partial charge < -0.3 is 10.6 Å². The number of primary amides is 1. The Balaban J connectivity index is 1.76. The Hall–Kier alpha value is -2.18. The minimum absolute atomic E-state index is 0.00887. The van der Waals surface area contributed by atoms with Gasteiger partial charge in [-0.3, -0.25) is 14.5 Å². The maximum atomic E-state index is 13.1. The number of hydrogen-bond donors (Lipinski definition) is 1. The van der Waals surface area contributed by atoms with Crippen molar-refractivity contribution in [3.8, 4) is 0 Å². The van der Waals surface area contributed by atoms with Gasteiger partial charge in [0.05, 0.1) is 6.54 Å². The van der Waals surface area contributed by atoms with Crippen LogP contribution in [0.25, 0.3) is 0 Å². The summed E-state index contributed by atoms with van der Waals surface area (Å²) in [6, 6.07) is 12.0. The van der Waals surface area contributed by atoms with E-state index in [1.54, 1.807) is 16.2 Å². The van der Waals surface area contributed by atoms with Gasteiger partial charge in [-0.2, -0.15) is 0 Å². The zero-order valence-electron chi connectivity index (χ0n) is 15.1. The first-order valence-electron chi connectivity index (χ1n) is 9.04. The number of nitrogens with two attached hydrogens (primary N) is 1. The maximum Gasteiger partial charge on any atom is 0.241 e. The molecule has 6 heteroatoms. The van der Waals surface area contributed by atoms with Crippen molar-refractivity contribution in [3.05, 3.63) is 52.2 Å². The first-order chi connectivity index (χ1) is 12.6. The first-order valence-corrected chi connectivity index (χ1v) is 9.92. The van der Waals surface area contributed by atoms with E-state index < -0.39 is 5.91 Å². The van der Waals surface area contributed by atoms with Crippen LogP contribution in [-0.4, -0.2) is 36.3 Å². The summed E-state index contributed by atoms with van der Waals surface area (Å²) in [6.45, 7) is 3.71. The molecule has 1 aliphatic rings. The Labute approximate surface area is 158 Å². The van der Waals surface area contributed by atoms with Crippen molar-refractivity contribution in [2.45, 2.75) is 32.2 Å². The zero-order valence-corrected chi connectivity index (χ0v) is 15.9. The third-order valence-corrected chi connectivity index (χ3v) is 5.88. The van der Waals surface area contributed by atoms with Gasteiger partial charge in [0.1, 0.15) is 0 Å². The van der Waals surface area contributed by atoms with Gasteiger partial charge in [0.25, 0.3) is 0 Å². The number of nitrogens with zero attached hydrogens (tertiary/aromatic N) is 2. The molecule has 5 nitrogen and oxygen atoms in total. The van der Waals surface area contributed by atoms with Crippen LogP contribution in [0.3, 0.4) is 0 Å². The number of rotatable bonds is 7. The average molecular weight is 372 g/mol. The van der Waals surface area contributed by atoms with Crippen molar-refractivity contribution in [1.82, 2.24) is 4.90 Å². The molecule has 2 heterocycles. The monoisotopic (exact) mass is 371 g/mol.